The van der Waals surface area contributed by atoms with E-state index in [0.29, 0.717) is 6.10 Å². The Labute approximate surface area is 116 Å². The first-order valence-electron chi connectivity index (χ1n) is 7.77. The fraction of sp³-hybridized carbons (Fsp3) is 0.647. The molecule has 1 aromatic rings. The lowest BCUT2D eigenvalue weighted by atomic mass is 9.87. The zero-order valence-electron chi connectivity index (χ0n) is 11.9. The fourth-order valence-electron chi connectivity index (χ4n) is 3.57. The molecular formula is C17H25NO. The fourth-order valence-corrected chi connectivity index (χ4v) is 3.57. The van der Waals surface area contributed by atoms with Gasteiger partial charge >= 0.3 is 0 Å². The van der Waals surface area contributed by atoms with E-state index in [1.54, 1.807) is 0 Å². The molecule has 0 aromatic heterocycles. The number of aryl methyl sites for hydroxylation is 1. The van der Waals surface area contributed by atoms with E-state index < -0.39 is 0 Å². The first-order valence-corrected chi connectivity index (χ1v) is 7.77. The molecule has 2 aliphatic rings. The van der Waals surface area contributed by atoms with Crippen molar-refractivity contribution < 1.29 is 4.74 Å². The maximum absolute atomic E-state index is 6.21. The Bertz CT molecular complexity index is 443. The molecule has 104 valence electrons. The molecule has 1 fully saturated rings. The van der Waals surface area contributed by atoms with Gasteiger partial charge in [-0.25, -0.2) is 0 Å². The minimum Gasteiger partial charge on any atom is -0.490 e. The number of fused-ring (bicyclic) bond motifs is 1. The highest BCUT2D eigenvalue weighted by atomic mass is 16.5. The van der Waals surface area contributed by atoms with Crippen LogP contribution < -0.4 is 10.5 Å². The molecule has 2 N–H and O–H groups in total. The third kappa shape index (κ3) is 2.94. The zero-order chi connectivity index (χ0) is 13.2. The Morgan fingerprint density at radius 1 is 1.16 bits per heavy atom. The van der Waals surface area contributed by atoms with E-state index in [0.717, 1.165) is 18.1 Å². The first-order chi connectivity index (χ1) is 9.22. The summed E-state index contributed by atoms with van der Waals surface area (Å²) in [7, 11) is 0. The van der Waals surface area contributed by atoms with Crippen molar-refractivity contribution in [2.75, 3.05) is 0 Å². The van der Waals surface area contributed by atoms with Gasteiger partial charge in [0.25, 0.3) is 0 Å². The van der Waals surface area contributed by atoms with E-state index in [1.807, 2.05) is 0 Å². The van der Waals surface area contributed by atoms with Crippen LogP contribution in [-0.2, 0) is 6.42 Å². The second kappa shape index (κ2) is 5.54. The second-order valence-electron chi connectivity index (χ2n) is 6.37. The van der Waals surface area contributed by atoms with Crippen LogP contribution in [0.2, 0.25) is 0 Å². The predicted molar refractivity (Wildman–Crippen MR) is 78.4 cm³/mol. The van der Waals surface area contributed by atoms with Gasteiger partial charge in [0.2, 0.25) is 0 Å². The maximum Gasteiger partial charge on any atom is 0.120 e. The number of hydrogen-bond donors (Lipinski definition) is 1. The van der Waals surface area contributed by atoms with E-state index in [9.17, 15) is 0 Å². The standard InChI is InChI=1S/C17H25NO/c1-12-4-2-6-14(10-12)19-15-9-8-13-5-3-7-17(18)16(13)11-15/h8-9,11-12,14,17H,2-7,10,18H2,1H3. The van der Waals surface area contributed by atoms with Gasteiger partial charge in [-0.05, 0) is 67.7 Å². The summed E-state index contributed by atoms with van der Waals surface area (Å²) in [5.74, 6) is 1.83. The lowest BCUT2D eigenvalue weighted by molar-refractivity contribution is 0.129. The number of benzene rings is 1. The van der Waals surface area contributed by atoms with Crippen LogP contribution in [0.25, 0.3) is 0 Å². The summed E-state index contributed by atoms with van der Waals surface area (Å²) >= 11 is 0. The third-order valence-corrected chi connectivity index (χ3v) is 4.67. The second-order valence-corrected chi connectivity index (χ2v) is 6.37. The SMILES string of the molecule is CC1CCCC(Oc2ccc3c(c2)C(N)CCC3)C1. The molecule has 2 aliphatic carbocycles. The van der Waals surface area contributed by atoms with Gasteiger partial charge in [0.15, 0.2) is 0 Å². The summed E-state index contributed by atoms with van der Waals surface area (Å²) in [6.45, 7) is 2.33. The molecule has 0 aliphatic heterocycles. The van der Waals surface area contributed by atoms with Gasteiger partial charge in [-0.2, -0.15) is 0 Å². The number of ether oxygens (including phenoxy) is 1. The smallest absolute Gasteiger partial charge is 0.120 e. The lowest BCUT2D eigenvalue weighted by Gasteiger charge is -2.28. The Balaban J connectivity index is 1.73. The zero-order valence-corrected chi connectivity index (χ0v) is 11.9. The molecule has 0 heterocycles. The Kier molecular flexibility index (Phi) is 3.79. The summed E-state index contributed by atoms with van der Waals surface area (Å²) in [5.41, 5.74) is 8.95. The van der Waals surface area contributed by atoms with Crippen molar-refractivity contribution >= 4 is 0 Å². The van der Waals surface area contributed by atoms with E-state index in [4.69, 9.17) is 10.5 Å². The maximum atomic E-state index is 6.21. The molecule has 3 rings (SSSR count). The molecule has 0 spiro atoms. The Hall–Kier alpha value is -1.02. The first kappa shape index (κ1) is 13.0. The van der Waals surface area contributed by atoms with E-state index in [-0.39, 0.29) is 6.04 Å². The molecule has 0 radical (unpaired) electrons. The number of nitrogens with two attached hydrogens (primary N) is 1. The quantitative estimate of drug-likeness (QED) is 0.872. The van der Waals surface area contributed by atoms with Crippen LogP contribution in [0.3, 0.4) is 0 Å². The molecule has 2 heteroatoms. The average Bonchev–Trinajstić information content (AvgIpc) is 2.40. The van der Waals surface area contributed by atoms with Crippen LogP contribution in [0.15, 0.2) is 18.2 Å². The van der Waals surface area contributed by atoms with Crippen LogP contribution in [0.1, 0.15) is 62.6 Å². The highest BCUT2D eigenvalue weighted by Crippen LogP contribution is 2.33. The third-order valence-electron chi connectivity index (χ3n) is 4.67. The highest BCUT2D eigenvalue weighted by molar-refractivity contribution is 5.39. The van der Waals surface area contributed by atoms with Gasteiger partial charge < -0.3 is 10.5 Å². The summed E-state index contributed by atoms with van der Waals surface area (Å²) in [6, 6.07) is 6.75. The summed E-state index contributed by atoms with van der Waals surface area (Å²) < 4.78 is 6.18. The molecule has 2 nitrogen and oxygen atoms in total. The Morgan fingerprint density at radius 2 is 2.05 bits per heavy atom. The van der Waals surface area contributed by atoms with Gasteiger partial charge in [0.1, 0.15) is 5.75 Å². The molecule has 0 saturated heterocycles. The molecule has 3 unspecified atom stereocenters. The van der Waals surface area contributed by atoms with Crippen LogP contribution in [0, 0.1) is 5.92 Å². The van der Waals surface area contributed by atoms with Crippen molar-refractivity contribution in [1.29, 1.82) is 0 Å². The predicted octanol–water partition coefficient (Wildman–Crippen LogP) is 3.98. The Morgan fingerprint density at radius 3 is 2.89 bits per heavy atom. The summed E-state index contributed by atoms with van der Waals surface area (Å²) in [5, 5.41) is 0. The molecule has 0 amide bonds. The van der Waals surface area contributed by atoms with Gasteiger partial charge in [-0.3, -0.25) is 0 Å². The van der Waals surface area contributed by atoms with Crippen molar-refractivity contribution in [3.8, 4) is 5.75 Å². The highest BCUT2D eigenvalue weighted by Gasteiger charge is 2.22. The van der Waals surface area contributed by atoms with Crippen LogP contribution in [0.5, 0.6) is 5.75 Å². The topological polar surface area (TPSA) is 35.2 Å². The van der Waals surface area contributed by atoms with Crippen LogP contribution in [0.4, 0.5) is 0 Å². The van der Waals surface area contributed by atoms with Gasteiger partial charge in [-0.15, -0.1) is 0 Å². The molecule has 19 heavy (non-hydrogen) atoms. The number of rotatable bonds is 2. The van der Waals surface area contributed by atoms with Gasteiger partial charge in [0, 0.05) is 6.04 Å². The van der Waals surface area contributed by atoms with Gasteiger partial charge in [-0.1, -0.05) is 19.4 Å². The normalized spacial score (nSPS) is 30.7. The molecule has 1 saturated carbocycles. The lowest BCUT2D eigenvalue weighted by Crippen LogP contribution is -2.24. The van der Waals surface area contributed by atoms with Crippen molar-refractivity contribution in [2.24, 2.45) is 11.7 Å². The molecule has 3 atom stereocenters. The van der Waals surface area contributed by atoms with E-state index >= 15 is 0 Å². The molecule has 1 aromatic carbocycles. The minimum absolute atomic E-state index is 0.206. The van der Waals surface area contributed by atoms with Crippen LogP contribution in [-0.4, -0.2) is 6.10 Å². The van der Waals surface area contributed by atoms with E-state index in [1.165, 1.54) is 49.7 Å². The monoisotopic (exact) mass is 259 g/mol. The number of hydrogen-bond acceptors (Lipinski definition) is 2. The van der Waals surface area contributed by atoms with Crippen molar-refractivity contribution in [2.45, 2.75) is 64.0 Å². The summed E-state index contributed by atoms with van der Waals surface area (Å²) in [6.07, 6.45) is 8.96. The average molecular weight is 259 g/mol. The molecular weight excluding hydrogens is 234 g/mol. The van der Waals surface area contributed by atoms with Gasteiger partial charge in [0.05, 0.1) is 6.10 Å². The molecule has 0 bridgehead atoms. The van der Waals surface area contributed by atoms with Crippen molar-refractivity contribution in [3.05, 3.63) is 29.3 Å². The minimum atomic E-state index is 0.206. The summed E-state index contributed by atoms with van der Waals surface area (Å²) in [4.78, 5) is 0. The van der Waals surface area contributed by atoms with Crippen molar-refractivity contribution in [3.63, 3.8) is 0 Å². The van der Waals surface area contributed by atoms with Crippen molar-refractivity contribution in [1.82, 2.24) is 0 Å². The van der Waals surface area contributed by atoms with Crippen LogP contribution >= 0.6 is 0 Å². The largest absolute Gasteiger partial charge is 0.490 e. The van der Waals surface area contributed by atoms with E-state index in [2.05, 4.69) is 25.1 Å².